The summed E-state index contributed by atoms with van der Waals surface area (Å²) in [5.41, 5.74) is 3.02. The van der Waals surface area contributed by atoms with Gasteiger partial charge in [-0.25, -0.2) is 0 Å². The molecule has 4 aliphatic carbocycles. The lowest BCUT2D eigenvalue weighted by Gasteiger charge is -2.37. The number of halogens is 1. The summed E-state index contributed by atoms with van der Waals surface area (Å²) in [6.45, 7) is 3.83. The highest BCUT2D eigenvalue weighted by molar-refractivity contribution is 9.10. The number of benzene rings is 2. The molecular weight excluding hydrogens is 508 g/mol. The molecule has 6 nitrogen and oxygen atoms in total. The van der Waals surface area contributed by atoms with Crippen molar-refractivity contribution in [1.29, 1.82) is 0 Å². The fourth-order valence-corrected chi connectivity index (χ4v) is 6.78. The Bertz CT molecular complexity index is 1240. The van der Waals surface area contributed by atoms with Crippen LogP contribution < -0.4 is 9.64 Å². The number of carbonyl (C=O) groups is 3. The second-order valence-corrected chi connectivity index (χ2v) is 11.1. The van der Waals surface area contributed by atoms with Crippen LogP contribution in [0.1, 0.15) is 27.9 Å². The summed E-state index contributed by atoms with van der Waals surface area (Å²) >= 11 is 3.60. The number of anilines is 1. The van der Waals surface area contributed by atoms with E-state index in [0.717, 1.165) is 22.0 Å². The molecular formula is C28H27BrN2O4. The zero-order valence-electron chi connectivity index (χ0n) is 19.9. The molecule has 1 heterocycles. The first kappa shape index (κ1) is 22.5. The molecule has 2 saturated carbocycles. The van der Waals surface area contributed by atoms with Crippen LogP contribution in [0.3, 0.4) is 0 Å². The molecule has 7 rings (SSSR count). The third-order valence-electron chi connectivity index (χ3n) is 8.33. The second-order valence-electron chi connectivity index (χ2n) is 10.3. The molecule has 6 atom stereocenters. The zero-order chi connectivity index (χ0) is 24.6. The lowest BCUT2D eigenvalue weighted by atomic mass is 9.63. The maximum absolute atomic E-state index is 13.8. The number of hydrogen-bond donors (Lipinski definition) is 0. The third kappa shape index (κ3) is 3.39. The minimum Gasteiger partial charge on any atom is -0.497 e. The smallest absolute Gasteiger partial charge is 0.259 e. The molecule has 5 aliphatic rings. The number of aryl methyl sites for hydroxylation is 2. The minimum atomic E-state index is -0.289. The van der Waals surface area contributed by atoms with Gasteiger partial charge in [0.2, 0.25) is 11.8 Å². The van der Waals surface area contributed by atoms with E-state index in [1.807, 2.05) is 26.0 Å². The molecule has 35 heavy (non-hydrogen) atoms. The predicted molar refractivity (Wildman–Crippen MR) is 135 cm³/mol. The van der Waals surface area contributed by atoms with Crippen molar-refractivity contribution in [1.82, 2.24) is 4.90 Å². The lowest BCUT2D eigenvalue weighted by Crippen LogP contribution is -2.45. The topological polar surface area (TPSA) is 66.9 Å². The fourth-order valence-electron chi connectivity index (χ4n) is 6.55. The summed E-state index contributed by atoms with van der Waals surface area (Å²) in [5.74, 6) is 0.796. The molecule has 0 aromatic heterocycles. The van der Waals surface area contributed by atoms with Gasteiger partial charge in [-0.05, 0) is 85.4 Å². The number of amides is 3. The van der Waals surface area contributed by atoms with Crippen molar-refractivity contribution < 1.29 is 19.1 Å². The Hall–Kier alpha value is -2.93. The number of carbonyl (C=O) groups excluding carboxylic acids is 3. The Kier molecular flexibility index (Phi) is 5.18. The van der Waals surface area contributed by atoms with Crippen LogP contribution in [0.25, 0.3) is 0 Å². The summed E-state index contributed by atoms with van der Waals surface area (Å²) in [4.78, 5) is 44.0. The first-order chi connectivity index (χ1) is 16.8. The predicted octanol–water partition coefficient (Wildman–Crippen LogP) is 4.73. The van der Waals surface area contributed by atoms with E-state index in [4.69, 9.17) is 4.74 Å². The number of hydrogen-bond acceptors (Lipinski definition) is 4. The molecule has 0 radical (unpaired) electrons. The normalized spacial score (nSPS) is 29.8. The number of rotatable bonds is 5. The Morgan fingerprint density at radius 1 is 1.03 bits per heavy atom. The lowest BCUT2D eigenvalue weighted by molar-refractivity contribution is -0.140. The van der Waals surface area contributed by atoms with Gasteiger partial charge in [-0.2, -0.15) is 0 Å². The van der Waals surface area contributed by atoms with Crippen LogP contribution >= 0.6 is 15.9 Å². The van der Waals surface area contributed by atoms with Gasteiger partial charge in [0.25, 0.3) is 5.91 Å². The minimum absolute atomic E-state index is 0.101. The molecule has 1 aliphatic heterocycles. The van der Waals surface area contributed by atoms with Crippen LogP contribution in [0.2, 0.25) is 0 Å². The van der Waals surface area contributed by atoms with Gasteiger partial charge in [-0.3, -0.25) is 24.2 Å². The molecule has 0 spiro atoms. The van der Waals surface area contributed by atoms with Gasteiger partial charge in [0, 0.05) is 15.7 Å². The first-order valence-corrected chi connectivity index (χ1v) is 12.9. The van der Waals surface area contributed by atoms with Crippen LogP contribution in [0, 0.1) is 49.4 Å². The SMILES string of the molecule is COc1cccc(C(=O)N(CN2C(=O)C3C4C=CC(C5CC45)C3C2=O)c2cc(C)c(Br)c(C)c2)c1. The summed E-state index contributed by atoms with van der Waals surface area (Å²) < 4.78 is 6.29. The van der Waals surface area contributed by atoms with Crippen molar-refractivity contribution in [2.24, 2.45) is 35.5 Å². The molecule has 3 fully saturated rings. The Balaban J connectivity index is 1.37. The molecule has 0 N–H and O–H groups in total. The van der Waals surface area contributed by atoms with E-state index in [2.05, 4.69) is 28.1 Å². The van der Waals surface area contributed by atoms with E-state index in [1.165, 1.54) is 4.90 Å². The maximum atomic E-state index is 13.8. The number of allylic oxidation sites excluding steroid dienone is 2. The molecule has 2 bridgehead atoms. The molecule has 2 aromatic carbocycles. The summed E-state index contributed by atoms with van der Waals surface area (Å²) in [7, 11) is 1.55. The van der Waals surface area contributed by atoms with Crippen molar-refractivity contribution in [3.05, 3.63) is 69.7 Å². The van der Waals surface area contributed by atoms with Crippen molar-refractivity contribution in [3.8, 4) is 5.75 Å². The quantitative estimate of drug-likeness (QED) is 0.410. The summed E-state index contributed by atoms with van der Waals surface area (Å²) in [6.07, 6.45) is 5.44. The largest absolute Gasteiger partial charge is 0.497 e. The average molecular weight is 535 g/mol. The first-order valence-electron chi connectivity index (χ1n) is 12.1. The van der Waals surface area contributed by atoms with Crippen molar-refractivity contribution in [3.63, 3.8) is 0 Å². The van der Waals surface area contributed by atoms with Crippen LogP contribution in [0.4, 0.5) is 5.69 Å². The molecule has 6 unspecified atom stereocenters. The van der Waals surface area contributed by atoms with Gasteiger partial charge in [0.05, 0.1) is 18.9 Å². The standard InChI is InChI=1S/C28H27BrN2O4/c1-14-9-17(10-15(2)25(14)29)30(26(32)16-5-4-6-18(11-16)35-3)13-31-27(33)23-19-7-8-20(22-12-21(19)22)24(23)28(31)34/h4-11,19-24H,12-13H2,1-3H3. The highest BCUT2D eigenvalue weighted by Gasteiger charge is 2.67. The second kappa shape index (κ2) is 8.05. The van der Waals surface area contributed by atoms with Crippen molar-refractivity contribution >= 4 is 39.3 Å². The Morgan fingerprint density at radius 3 is 2.20 bits per heavy atom. The van der Waals surface area contributed by atoms with Crippen LogP contribution in [0.5, 0.6) is 5.75 Å². The van der Waals surface area contributed by atoms with Gasteiger partial charge in [0.1, 0.15) is 12.4 Å². The number of nitrogens with zero attached hydrogens (tertiary/aromatic N) is 2. The zero-order valence-corrected chi connectivity index (χ0v) is 21.5. The van der Waals surface area contributed by atoms with Gasteiger partial charge in [-0.1, -0.05) is 34.1 Å². The summed E-state index contributed by atoms with van der Waals surface area (Å²) in [6, 6.07) is 10.8. The third-order valence-corrected chi connectivity index (χ3v) is 9.58. The molecule has 3 amide bonds. The van der Waals surface area contributed by atoms with E-state index in [0.29, 0.717) is 28.8 Å². The number of ether oxygens (including phenoxy) is 1. The summed E-state index contributed by atoms with van der Waals surface area (Å²) in [5, 5.41) is 0. The molecule has 180 valence electrons. The van der Waals surface area contributed by atoms with Gasteiger partial charge in [-0.15, -0.1) is 0 Å². The number of likely N-dealkylation sites (tertiary alicyclic amines) is 1. The van der Waals surface area contributed by atoms with Crippen LogP contribution in [-0.4, -0.2) is 36.4 Å². The van der Waals surface area contributed by atoms with E-state index in [-0.39, 0.29) is 48.1 Å². The monoisotopic (exact) mass is 534 g/mol. The van der Waals surface area contributed by atoms with Crippen molar-refractivity contribution in [2.75, 3.05) is 18.7 Å². The highest BCUT2D eigenvalue weighted by Crippen LogP contribution is 2.65. The molecule has 1 saturated heterocycles. The van der Waals surface area contributed by atoms with Crippen LogP contribution in [0.15, 0.2) is 53.0 Å². The number of imide groups is 1. The highest BCUT2D eigenvalue weighted by atomic mass is 79.9. The Morgan fingerprint density at radius 2 is 1.63 bits per heavy atom. The van der Waals surface area contributed by atoms with Crippen LogP contribution in [-0.2, 0) is 9.59 Å². The van der Waals surface area contributed by atoms with Crippen molar-refractivity contribution in [2.45, 2.75) is 20.3 Å². The fraction of sp³-hybridized carbons (Fsp3) is 0.393. The van der Waals surface area contributed by atoms with E-state index in [1.54, 1.807) is 36.3 Å². The van der Waals surface area contributed by atoms with Gasteiger partial charge < -0.3 is 4.74 Å². The Labute approximate surface area is 213 Å². The van der Waals surface area contributed by atoms with Gasteiger partial charge in [0.15, 0.2) is 0 Å². The number of methoxy groups -OCH3 is 1. The van der Waals surface area contributed by atoms with E-state index in [9.17, 15) is 14.4 Å². The van der Waals surface area contributed by atoms with Gasteiger partial charge >= 0.3 is 0 Å². The molecule has 7 heteroatoms. The average Bonchev–Trinajstić information content (AvgIpc) is 3.65. The van der Waals surface area contributed by atoms with E-state index >= 15 is 0 Å². The molecule has 2 aromatic rings. The van der Waals surface area contributed by atoms with E-state index < -0.39 is 0 Å². The maximum Gasteiger partial charge on any atom is 0.259 e.